The second-order valence-electron chi connectivity index (χ2n) is 7.53. The quantitative estimate of drug-likeness (QED) is 0.784. The van der Waals surface area contributed by atoms with Crippen LogP contribution in [-0.2, 0) is 4.79 Å². The van der Waals surface area contributed by atoms with E-state index in [1.807, 2.05) is 0 Å². The van der Waals surface area contributed by atoms with Gasteiger partial charge < -0.3 is 9.80 Å². The molecule has 0 spiro atoms. The minimum absolute atomic E-state index is 0.291. The Balaban J connectivity index is 1.83. The van der Waals surface area contributed by atoms with Crippen molar-refractivity contribution < 1.29 is 4.79 Å². The monoisotopic (exact) mass is 266 g/mol. The van der Waals surface area contributed by atoms with Gasteiger partial charge in [-0.25, -0.2) is 0 Å². The molecule has 1 heterocycles. The molecular formula is C16H30N2O. The molecule has 2 fully saturated rings. The van der Waals surface area contributed by atoms with E-state index in [4.69, 9.17) is 0 Å². The van der Waals surface area contributed by atoms with Gasteiger partial charge in [0.15, 0.2) is 0 Å². The summed E-state index contributed by atoms with van der Waals surface area (Å²) in [5.74, 6) is 0.800. The number of ketones is 1. The van der Waals surface area contributed by atoms with Crippen LogP contribution in [0.15, 0.2) is 0 Å². The molecule has 110 valence electrons. The highest BCUT2D eigenvalue weighted by atomic mass is 16.1. The Morgan fingerprint density at radius 1 is 1.26 bits per heavy atom. The van der Waals surface area contributed by atoms with Gasteiger partial charge in [-0.2, -0.15) is 0 Å². The van der Waals surface area contributed by atoms with Gasteiger partial charge in [0.25, 0.3) is 0 Å². The van der Waals surface area contributed by atoms with E-state index in [1.165, 1.54) is 12.8 Å². The van der Waals surface area contributed by atoms with Gasteiger partial charge in [-0.1, -0.05) is 13.8 Å². The first-order valence-corrected chi connectivity index (χ1v) is 7.79. The number of carbonyl (C=O) groups excluding carboxylic acids is 1. The Labute approximate surface area is 118 Å². The summed E-state index contributed by atoms with van der Waals surface area (Å²) >= 11 is 0. The summed E-state index contributed by atoms with van der Waals surface area (Å²) in [6.07, 6.45) is 5.45. The van der Waals surface area contributed by atoms with E-state index in [1.54, 1.807) is 0 Å². The van der Waals surface area contributed by atoms with E-state index in [0.29, 0.717) is 17.1 Å². The predicted molar refractivity (Wildman–Crippen MR) is 79.3 cm³/mol. The predicted octanol–water partition coefficient (Wildman–Crippen LogP) is 2.41. The average Bonchev–Trinajstić information content (AvgIpc) is 2.34. The minimum atomic E-state index is 0.291. The summed E-state index contributed by atoms with van der Waals surface area (Å²) in [5, 5.41) is 0. The van der Waals surface area contributed by atoms with Gasteiger partial charge in [0.2, 0.25) is 0 Å². The smallest absolute Gasteiger partial charge is 0.137 e. The topological polar surface area (TPSA) is 23.6 Å². The lowest BCUT2D eigenvalue weighted by Crippen LogP contribution is -2.45. The van der Waals surface area contributed by atoms with Crippen LogP contribution in [0.25, 0.3) is 0 Å². The Kier molecular flexibility index (Phi) is 4.67. The Bertz CT molecular complexity index is 317. The van der Waals surface area contributed by atoms with Gasteiger partial charge in [-0.15, -0.1) is 0 Å². The third-order valence-electron chi connectivity index (χ3n) is 5.07. The van der Waals surface area contributed by atoms with Crippen LogP contribution >= 0.6 is 0 Å². The summed E-state index contributed by atoms with van der Waals surface area (Å²) in [5.41, 5.74) is 0.362. The van der Waals surface area contributed by atoms with Crippen LogP contribution < -0.4 is 0 Å². The number of Topliss-reactive ketones (excluding diaryl/α,β-unsaturated/α-hetero) is 1. The molecule has 1 aliphatic carbocycles. The highest BCUT2D eigenvalue weighted by molar-refractivity contribution is 5.82. The van der Waals surface area contributed by atoms with Crippen molar-refractivity contribution in [3.63, 3.8) is 0 Å². The molecule has 0 aromatic heterocycles. The lowest BCUT2D eigenvalue weighted by Gasteiger charge is -2.40. The molecule has 19 heavy (non-hydrogen) atoms. The van der Waals surface area contributed by atoms with Crippen molar-refractivity contribution in [3.8, 4) is 0 Å². The molecule has 0 aromatic rings. The molecule has 2 aliphatic rings. The van der Waals surface area contributed by atoms with Gasteiger partial charge in [0, 0.05) is 24.9 Å². The molecule has 2 rings (SSSR count). The van der Waals surface area contributed by atoms with E-state index < -0.39 is 0 Å². The summed E-state index contributed by atoms with van der Waals surface area (Å²) in [4.78, 5) is 17.0. The fourth-order valence-electron chi connectivity index (χ4n) is 3.64. The minimum Gasteiger partial charge on any atom is -0.306 e. The zero-order chi connectivity index (χ0) is 14.0. The zero-order valence-electron chi connectivity index (χ0n) is 13.1. The van der Waals surface area contributed by atoms with Crippen LogP contribution in [0.1, 0.15) is 46.0 Å². The Morgan fingerprint density at radius 3 is 2.47 bits per heavy atom. The molecule has 3 nitrogen and oxygen atoms in total. The van der Waals surface area contributed by atoms with Crippen molar-refractivity contribution in [2.45, 2.75) is 52.0 Å². The van der Waals surface area contributed by atoms with Crippen LogP contribution in [0.5, 0.6) is 0 Å². The van der Waals surface area contributed by atoms with Crippen molar-refractivity contribution in [2.24, 2.45) is 11.3 Å². The maximum atomic E-state index is 12.1. The van der Waals surface area contributed by atoms with E-state index in [9.17, 15) is 4.79 Å². The summed E-state index contributed by atoms with van der Waals surface area (Å²) in [6.45, 7) is 7.94. The highest BCUT2D eigenvalue weighted by Crippen LogP contribution is 2.37. The molecule has 1 unspecified atom stereocenters. The maximum Gasteiger partial charge on any atom is 0.137 e. The molecular weight excluding hydrogens is 236 g/mol. The molecule has 3 heteroatoms. The molecule has 0 radical (unpaired) electrons. The molecule has 1 saturated carbocycles. The van der Waals surface area contributed by atoms with Crippen LogP contribution in [0.4, 0.5) is 0 Å². The first-order valence-electron chi connectivity index (χ1n) is 7.79. The van der Waals surface area contributed by atoms with E-state index in [0.717, 1.165) is 44.9 Å². The maximum absolute atomic E-state index is 12.1. The third kappa shape index (κ3) is 4.03. The van der Waals surface area contributed by atoms with Crippen molar-refractivity contribution in [3.05, 3.63) is 0 Å². The van der Waals surface area contributed by atoms with Crippen LogP contribution in [0.2, 0.25) is 0 Å². The van der Waals surface area contributed by atoms with E-state index in [-0.39, 0.29) is 0 Å². The van der Waals surface area contributed by atoms with Crippen molar-refractivity contribution in [2.75, 3.05) is 33.7 Å². The van der Waals surface area contributed by atoms with Crippen molar-refractivity contribution in [1.82, 2.24) is 9.80 Å². The Hall–Kier alpha value is -0.410. The van der Waals surface area contributed by atoms with E-state index >= 15 is 0 Å². The fourth-order valence-corrected chi connectivity index (χ4v) is 3.64. The number of nitrogens with zero attached hydrogens (tertiary/aromatic N) is 2. The van der Waals surface area contributed by atoms with Gasteiger partial charge in [0.05, 0.1) is 0 Å². The van der Waals surface area contributed by atoms with Crippen molar-refractivity contribution >= 4 is 5.78 Å². The first kappa shape index (κ1) is 15.0. The molecule has 1 aliphatic heterocycles. The molecule has 0 amide bonds. The normalized spacial score (nSPS) is 29.9. The Morgan fingerprint density at radius 2 is 1.89 bits per heavy atom. The number of piperidine rings is 1. The molecule has 1 saturated heterocycles. The number of likely N-dealkylation sites (tertiary alicyclic amines) is 1. The van der Waals surface area contributed by atoms with Gasteiger partial charge in [-0.3, -0.25) is 4.79 Å². The van der Waals surface area contributed by atoms with Gasteiger partial charge in [-0.05, 0) is 58.3 Å². The number of rotatable bonds is 3. The second kappa shape index (κ2) is 5.92. The third-order valence-corrected chi connectivity index (χ3v) is 5.07. The molecule has 1 atom stereocenters. The average molecular weight is 266 g/mol. The second-order valence-corrected chi connectivity index (χ2v) is 7.53. The summed E-state index contributed by atoms with van der Waals surface area (Å²) < 4.78 is 0. The number of hydrogen-bond acceptors (Lipinski definition) is 3. The zero-order valence-corrected chi connectivity index (χ0v) is 13.1. The van der Waals surface area contributed by atoms with Gasteiger partial charge in [0.1, 0.15) is 5.78 Å². The SMILES string of the molecule is CN(C)C1CCN(CC2CC(C)(C)CCC2=O)CC1. The molecule has 0 aromatic carbocycles. The largest absolute Gasteiger partial charge is 0.306 e. The van der Waals surface area contributed by atoms with Gasteiger partial charge >= 0.3 is 0 Å². The standard InChI is InChI=1S/C16H30N2O/c1-16(2)8-5-15(19)13(11-16)12-18-9-6-14(7-10-18)17(3)4/h13-14H,5-12H2,1-4H3. The van der Waals surface area contributed by atoms with E-state index in [2.05, 4.69) is 37.7 Å². The van der Waals surface area contributed by atoms with Crippen molar-refractivity contribution in [1.29, 1.82) is 0 Å². The number of hydrogen-bond donors (Lipinski definition) is 0. The molecule has 0 N–H and O–H groups in total. The number of carbonyl (C=O) groups is 1. The first-order chi connectivity index (χ1) is 8.87. The van der Waals surface area contributed by atoms with Crippen LogP contribution in [0.3, 0.4) is 0 Å². The fraction of sp³-hybridized carbons (Fsp3) is 0.938. The lowest BCUT2D eigenvalue weighted by atomic mass is 9.71. The summed E-state index contributed by atoms with van der Waals surface area (Å²) in [6, 6.07) is 0.731. The van der Waals surface area contributed by atoms with Crippen LogP contribution in [-0.4, -0.2) is 55.4 Å². The lowest BCUT2D eigenvalue weighted by molar-refractivity contribution is -0.128. The van der Waals surface area contributed by atoms with Crippen LogP contribution in [0, 0.1) is 11.3 Å². The highest BCUT2D eigenvalue weighted by Gasteiger charge is 2.35. The summed E-state index contributed by atoms with van der Waals surface area (Å²) in [7, 11) is 4.35. The molecule has 0 bridgehead atoms.